The number of nitrogens with zero attached hydrogens (tertiary/aromatic N) is 2. The molecule has 1 heterocycles. The molecule has 1 fully saturated rings. The maximum atomic E-state index is 13.3. The second kappa shape index (κ2) is 18.5. The third-order valence-corrected chi connectivity index (χ3v) is 11.2. The fourth-order valence-corrected chi connectivity index (χ4v) is 7.99. The predicted octanol–water partition coefficient (Wildman–Crippen LogP) is 4.07. The molecule has 0 atom stereocenters. The lowest BCUT2D eigenvalue weighted by Crippen LogP contribution is -2.47. The van der Waals surface area contributed by atoms with E-state index in [2.05, 4.69) is 36.2 Å². The number of likely N-dealkylation sites (N-methyl/N-ethyl adjacent to an activating group) is 2. The van der Waals surface area contributed by atoms with Gasteiger partial charge in [-0.2, -0.15) is 0 Å². The van der Waals surface area contributed by atoms with Crippen molar-refractivity contribution in [3.05, 3.63) is 119 Å². The first kappa shape index (κ1) is 39.7. The van der Waals surface area contributed by atoms with Crippen LogP contribution in [0.2, 0.25) is 0 Å². The molecule has 282 valence electrons. The topological polar surface area (TPSA) is 186 Å². The van der Waals surface area contributed by atoms with Gasteiger partial charge in [0.25, 0.3) is 10.0 Å². The van der Waals surface area contributed by atoms with Gasteiger partial charge in [-0.3, -0.25) is 39.5 Å². The number of amides is 3. The van der Waals surface area contributed by atoms with E-state index < -0.39 is 21.8 Å². The number of aldehydes is 2. The Morgan fingerprint density at radius 1 is 0.759 bits per heavy atom. The van der Waals surface area contributed by atoms with Crippen LogP contribution in [0.3, 0.4) is 0 Å². The standard InChI is InChI=1S/C38H41N7O7S2/c1-3-44-21-33(22-45(44)4-2)40-37(49)38(50)42-41-30-16-18-31(19-17-30)43-54(51,52)34-7-5-6-32(20-34)39-35(48)25-53-36(28-12-8-26(23-46)9-13-28)29-14-10-27(24-47)11-15-29/h5-20,23-24,33,36,41,43H,3-4,21-22,25H2,1-2H3,(H,39,48)(H,40,49)(H,42,50). The summed E-state index contributed by atoms with van der Waals surface area (Å²) in [6.07, 6.45) is 1.50. The zero-order chi connectivity index (χ0) is 38.7. The maximum absolute atomic E-state index is 13.3. The molecule has 4 aromatic rings. The Morgan fingerprint density at radius 2 is 1.31 bits per heavy atom. The number of hydrogen-bond donors (Lipinski definition) is 5. The van der Waals surface area contributed by atoms with Crippen LogP contribution in [0.1, 0.15) is 50.9 Å². The van der Waals surface area contributed by atoms with Crippen LogP contribution in [0.15, 0.2) is 102 Å². The maximum Gasteiger partial charge on any atom is 0.327 e. The van der Waals surface area contributed by atoms with Crippen molar-refractivity contribution in [1.82, 2.24) is 20.8 Å². The number of hydrazine groups is 2. The molecule has 0 saturated carbocycles. The van der Waals surface area contributed by atoms with Crippen LogP contribution < -0.4 is 26.2 Å². The van der Waals surface area contributed by atoms with Crippen molar-refractivity contribution in [3.8, 4) is 0 Å². The van der Waals surface area contributed by atoms with Gasteiger partial charge in [0.05, 0.1) is 27.6 Å². The Balaban J connectivity index is 1.14. The van der Waals surface area contributed by atoms with Gasteiger partial charge >= 0.3 is 11.8 Å². The van der Waals surface area contributed by atoms with E-state index in [0.29, 0.717) is 29.9 Å². The first-order valence-corrected chi connectivity index (χ1v) is 19.7. The van der Waals surface area contributed by atoms with E-state index >= 15 is 0 Å². The molecule has 1 saturated heterocycles. The van der Waals surface area contributed by atoms with Crippen molar-refractivity contribution in [2.24, 2.45) is 0 Å². The van der Waals surface area contributed by atoms with Gasteiger partial charge in [-0.1, -0.05) is 68.4 Å². The minimum Gasteiger partial charge on any atom is -0.342 e. The molecule has 54 heavy (non-hydrogen) atoms. The molecule has 0 spiro atoms. The number of hydrogen-bond acceptors (Lipinski definition) is 11. The molecule has 0 bridgehead atoms. The van der Waals surface area contributed by atoms with Gasteiger partial charge in [-0.25, -0.2) is 18.4 Å². The van der Waals surface area contributed by atoms with E-state index in [9.17, 15) is 32.4 Å². The fraction of sp³-hybridized carbons (Fsp3) is 0.237. The van der Waals surface area contributed by atoms with Gasteiger partial charge in [0.15, 0.2) is 0 Å². The Kier molecular flexibility index (Phi) is 13.6. The van der Waals surface area contributed by atoms with Crippen LogP contribution in [0.4, 0.5) is 17.1 Å². The summed E-state index contributed by atoms with van der Waals surface area (Å²) in [6, 6.07) is 25.7. The Hall–Kier alpha value is -5.55. The summed E-state index contributed by atoms with van der Waals surface area (Å²) < 4.78 is 29.0. The molecular formula is C38H41N7O7S2. The largest absolute Gasteiger partial charge is 0.342 e. The van der Waals surface area contributed by atoms with E-state index in [1.54, 1.807) is 30.3 Å². The van der Waals surface area contributed by atoms with Gasteiger partial charge in [-0.15, -0.1) is 11.8 Å². The van der Waals surface area contributed by atoms with Crippen LogP contribution >= 0.6 is 11.8 Å². The lowest BCUT2D eigenvalue weighted by Gasteiger charge is -2.24. The Labute approximate surface area is 318 Å². The molecule has 3 amide bonds. The third-order valence-electron chi connectivity index (χ3n) is 8.55. The van der Waals surface area contributed by atoms with Crippen LogP contribution in [0.5, 0.6) is 0 Å². The van der Waals surface area contributed by atoms with Crippen molar-refractivity contribution in [2.45, 2.75) is 30.0 Å². The van der Waals surface area contributed by atoms with E-state index in [0.717, 1.165) is 36.8 Å². The summed E-state index contributed by atoms with van der Waals surface area (Å²) in [5.41, 5.74) is 8.70. The summed E-state index contributed by atoms with van der Waals surface area (Å²) in [5, 5.41) is 9.45. The number of anilines is 3. The minimum absolute atomic E-state index is 0.0200. The summed E-state index contributed by atoms with van der Waals surface area (Å²) in [4.78, 5) is 60.1. The monoisotopic (exact) mass is 771 g/mol. The zero-order valence-electron chi connectivity index (χ0n) is 29.7. The highest BCUT2D eigenvalue weighted by molar-refractivity contribution is 8.00. The molecule has 14 nitrogen and oxygen atoms in total. The van der Waals surface area contributed by atoms with Crippen LogP contribution in [0.25, 0.3) is 0 Å². The SMILES string of the molecule is CCN1CC(NC(=O)C(=O)NNc2ccc(NS(=O)(=O)c3cccc(NC(=O)CSC(c4ccc(C=O)cc4)c4ccc(C=O)cc4)c3)cc2)CN1CC. The molecular weight excluding hydrogens is 731 g/mol. The summed E-state index contributed by atoms with van der Waals surface area (Å²) >= 11 is 1.34. The summed E-state index contributed by atoms with van der Waals surface area (Å²) in [5.74, 6) is -1.97. The number of sulfonamides is 1. The zero-order valence-corrected chi connectivity index (χ0v) is 31.3. The highest BCUT2D eigenvalue weighted by atomic mass is 32.2. The summed E-state index contributed by atoms with van der Waals surface area (Å²) in [7, 11) is -4.06. The number of thioether (sulfide) groups is 1. The Morgan fingerprint density at radius 3 is 1.85 bits per heavy atom. The first-order valence-electron chi connectivity index (χ1n) is 17.1. The van der Waals surface area contributed by atoms with Gasteiger partial charge < -0.3 is 10.6 Å². The number of rotatable bonds is 16. The Bertz CT molecular complexity index is 2000. The van der Waals surface area contributed by atoms with Crippen LogP contribution in [-0.2, 0) is 24.4 Å². The number of nitrogens with one attached hydrogen (secondary N) is 5. The number of carbonyl (C=O) groups excluding carboxylic acids is 5. The molecule has 0 radical (unpaired) electrons. The van der Waals surface area contributed by atoms with Gasteiger partial charge in [0.2, 0.25) is 5.91 Å². The molecule has 5 rings (SSSR count). The highest BCUT2D eigenvalue weighted by Crippen LogP contribution is 2.36. The van der Waals surface area contributed by atoms with Crippen molar-refractivity contribution in [3.63, 3.8) is 0 Å². The molecule has 4 aromatic carbocycles. The molecule has 5 N–H and O–H groups in total. The molecule has 1 aliphatic heterocycles. The number of benzene rings is 4. The van der Waals surface area contributed by atoms with E-state index in [1.807, 2.05) is 38.1 Å². The molecule has 0 unspecified atom stereocenters. The fourth-order valence-electron chi connectivity index (χ4n) is 5.80. The second-order valence-corrected chi connectivity index (χ2v) is 15.1. The normalized spacial score (nSPS) is 13.6. The number of carbonyl (C=O) groups is 5. The third kappa shape index (κ3) is 10.5. The average Bonchev–Trinajstić information content (AvgIpc) is 3.59. The van der Waals surface area contributed by atoms with Gasteiger partial charge in [-0.05, 0) is 53.6 Å². The molecule has 1 aliphatic rings. The second-order valence-electron chi connectivity index (χ2n) is 12.3. The lowest BCUT2D eigenvalue weighted by molar-refractivity contribution is -0.139. The first-order chi connectivity index (χ1) is 26.0. The van der Waals surface area contributed by atoms with E-state index in [1.165, 1.54) is 54.2 Å². The van der Waals surface area contributed by atoms with Gasteiger partial charge in [0, 0.05) is 48.7 Å². The molecule has 0 aliphatic carbocycles. The smallest absolute Gasteiger partial charge is 0.327 e. The van der Waals surface area contributed by atoms with E-state index in [-0.39, 0.29) is 39.2 Å². The van der Waals surface area contributed by atoms with Crippen molar-refractivity contribution < 1.29 is 32.4 Å². The minimum atomic E-state index is -4.06. The van der Waals surface area contributed by atoms with Crippen LogP contribution in [0, 0.1) is 0 Å². The van der Waals surface area contributed by atoms with Crippen molar-refractivity contribution in [2.75, 3.05) is 47.4 Å². The highest BCUT2D eigenvalue weighted by Gasteiger charge is 2.30. The van der Waals surface area contributed by atoms with E-state index in [4.69, 9.17) is 0 Å². The predicted molar refractivity (Wildman–Crippen MR) is 208 cm³/mol. The quantitative estimate of drug-likeness (QED) is 0.0628. The van der Waals surface area contributed by atoms with Crippen molar-refractivity contribution in [1.29, 1.82) is 0 Å². The molecule has 0 aromatic heterocycles. The summed E-state index contributed by atoms with van der Waals surface area (Å²) in [6.45, 7) is 6.90. The van der Waals surface area contributed by atoms with Crippen molar-refractivity contribution >= 4 is 69.1 Å². The molecule has 16 heteroatoms. The van der Waals surface area contributed by atoms with Crippen LogP contribution in [-0.4, -0.2) is 86.7 Å². The average molecular weight is 772 g/mol. The van der Waals surface area contributed by atoms with Gasteiger partial charge in [0.1, 0.15) is 12.6 Å². The lowest BCUT2D eigenvalue weighted by atomic mass is 10.0.